The number of anilines is 1. The summed E-state index contributed by atoms with van der Waals surface area (Å²) in [5, 5.41) is 3.03. The largest absolute Gasteiger partial charge is 0.419 e. The fourth-order valence-corrected chi connectivity index (χ4v) is 3.95. The Morgan fingerprint density at radius 3 is 2.53 bits per heavy atom. The van der Waals surface area contributed by atoms with Gasteiger partial charge in [0.25, 0.3) is 0 Å². The summed E-state index contributed by atoms with van der Waals surface area (Å²) in [7, 11) is 0. The Morgan fingerprint density at radius 2 is 1.91 bits per heavy atom. The van der Waals surface area contributed by atoms with Crippen molar-refractivity contribution < 1.29 is 27.2 Å². The van der Waals surface area contributed by atoms with Crippen LogP contribution in [0.4, 0.5) is 23.2 Å². The van der Waals surface area contributed by atoms with E-state index in [0.717, 1.165) is 17.2 Å². The minimum absolute atomic E-state index is 0.0653. The Labute approximate surface area is 188 Å². The highest BCUT2D eigenvalue weighted by atomic mass is 35.5. The van der Waals surface area contributed by atoms with Gasteiger partial charge in [-0.2, -0.15) is 13.2 Å². The van der Waals surface area contributed by atoms with Gasteiger partial charge in [-0.15, -0.1) is 0 Å². The molecule has 4 nitrogen and oxygen atoms in total. The predicted octanol–water partition coefficient (Wildman–Crippen LogP) is 5.61. The summed E-state index contributed by atoms with van der Waals surface area (Å²) in [6.45, 7) is 4.86. The number of carbonyl (C=O) groups is 2. The molecule has 0 atom stereocenters. The number of alkyl halides is 3. The summed E-state index contributed by atoms with van der Waals surface area (Å²) in [5.41, 5.74) is 0.835. The van der Waals surface area contributed by atoms with Crippen molar-refractivity contribution in [1.82, 2.24) is 4.90 Å². The third-order valence-electron chi connectivity index (χ3n) is 5.26. The molecular formula is C23H23ClF4N2O2. The number of fused-ring (bicyclic) bond motifs is 1. The smallest absolute Gasteiger partial charge is 0.338 e. The van der Waals surface area contributed by atoms with Gasteiger partial charge in [0.15, 0.2) is 0 Å². The molecule has 1 heterocycles. The van der Waals surface area contributed by atoms with Gasteiger partial charge in [-0.05, 0) is 47.2 Å². The van der Waals surface area contributed by atoms with E-state index in [1.165, 1.54) is 0 Å². The second-order valence-corrected chi connectivity index (χ2v) is 8.67. The minimum Gasteiger partial charge on any atom is -0.338 e. The summed E-state index contributed by atoms with van der Waals surface area (Å²) in [6, 6.07) is 5.85. The van der Waals surface area contributed by atoms with Crippen molar-refractivity contribution in [3.05, 3.63) is 63.4 Å². The molecule has 1 aliphatic rings. The van der Waals surface area contributed by atoms with Crippen LogP contribution < -0.4 is 5.32 Å². The van der Waals surface area contributed by atoms with Gasteiger partial charge in [0, 0.05) is 19.5 Å². The molecule has 2 amide bonds. The molecule has 0 bridgehead atoms. The number of benzene rings is 2. The molecule has 172 valence electrons. The highest BCUT2D eigenvalue weighted by molar-refractivity contribution is 6.34. The molecule has 0 aromatic heterocycles. The highest BCUT2D eigenvalue weighted by Crippen LogP contribution is 2.34. The second-order valence-electron chi connectivity index (χ2n) is 8.26. The van der Waals surface area contributed by atoms with Gasteiger partial charge in [0.1, 0.15) is 5.82 Å². The molecule has 0 aliphatic carbocycles. The number of nitrogens with zero attached hydrogens (tertiary/aromatic N) is 1. The lowest BCUT2D eigenvalue weighted by molar-refractivity contribution is -0.140. The Kier molecular flexibility index (Phi) is 7.12. The summed E-state index contributed by atoms with van der Waals surface area (Å²) >= 11 is 6.29. The molecule has 0 fully saturated rings. The number of hydrogen-bond acceptors (Lipinski definition) is 2. The zero-order valence-corrected chi connectivity index (χ0v) is 18.4. The van der Waals surface area contributed by atoms with Gasteiger partial charge in [-0.3, -0.25) is 9.59 Å². The summed E-state index contributed by atoms with van der Waals surface area (Å²) in [4.78, 5) is 26.7. The number of rotatable bonds is 5. The van der Waals surface area contributed by atoms with E-state index < -0.39 is 23.5 Å². The SMILES string of the molecule is CC(C)CC(=O)N1CCc2c(ccc(Cl)c2NC(=O)Cc2ccc(C(F)(F)F)c(F)c2)C1. The van der Waals surface area contributed by atoms with Crippen molar-refractivity contribution in [2.24, 2.45) is 5.92 Å². The molecule has 32 heavy (non-hydrogen) atoms. The first-order valence-electron chi connectivity index (χ1n) is 10.2. The highest BCUT2D eigenvalue weighted by Gasteiger charge is 2.34. The third kappa shape index (κ3) is 5.59. The summed E-state index contributed by atoms with van der Waals surface area (Å²) in [5.74, 6) is -1.64. The maximum atomic E-state index is 13.8. The van der Waals surface area contributed by atoms with Crippen molar-refractivity contribution in [1.29, 1.82) is 0 Å². The van der Waals surface area contributed by atoms with E-state index in [0.29, 0.717) is 48.8 Å². The lowest BCUT2D eigenvalue weighted by Gasteiger charge is -2.31. The van der Waals surface area contributed by atoms with Gasteiger partial charge in [-0.1, -0.05) is 37.6 Å². The Balaban J connectivity index is 1.74. The van der Waals surface area contributed by atoms with Crippen molar-refractivity contribution in [3.63, 3.8) is 0 Å². The number of nitrogens with one attached hydrogen (secondary N) is 1. The quantitative estimate of drug-likeness (QED) is 0.577. The van der Waals surface area contributed by atoms with Gasteiger partial charge >= 0.3 is 6.18 Å². The first kappa shape index (κ1) is 24.0. The zero-order chi connectivity index (χ0) is 23.6. The van der Waals surface area contributed by atoms with E-state index in [-0.39, 0.29) is 23.8 Å². The molecular weight excluding hydrogens is 448 g/mol. The third-order valence-corrected chi connectivity index (χ3v) is 5.57. The second kappa shape index (κ2) is 9.48. The van der Waals surface area contributed by atoms with Crippen LogP contribution in [-0.4, -0.2) is 23.3 Å². The van der Waals surface area contributed by atoms with E-state index in [1.54, 1.807) is 11.0 Å². The van der Waals surface area contributed by atoms with Gasteiger partial charge < -0.3 is 10.2 Å². The van der Waals surface area contributed by atoms with E-state index in [1.807, 2.05) is 19.9 Å². The Bertz CT molecular complexity index is 1040. The van der Waals surface area contributed by atoms with Crippen molar-refractivity contribution >= 4 is 29.1 Å². The molecule has 1 N–H and O–H groups in total. The van der Waals surface area contributed by atoms with Crippen LogP contribution in [0.25, 0.3) is 0 Å². The van der Waals surface area contributed by atoms with Crippen LogP contribution in [0.15, 0.2) is 30.3 Å². The first-order chi connectivity index (χ1) is 15.0. The maximum Gasteiger partial charge on any atom is 0.419 e. The molecule has 2 aromatic rings. The Morgan fingerprint density at radius 1 is 1.19 bits per heavy atom. The van der Waals surface area contributed by atoms with Crippen molar-refractivity contribution in [2.75, 3.05) is 11.9 Å². The average molecular weight is 471 g/mol. The monoisotopic (exact) mass is 470 g/mol. The Hall–Kier alpha value is -2.61. The maximum absolute atomic E-state index is 13.8. The van der Waals surface area contributed by atoms with E-state index in [9.17, 15) is 27.2 Å². The van der Waals surface area contributed by atoms with Crippen LogP contribution in [-0.2, 0) is 35.2 Å². The number of halogens is 5. The van der Waals surface area contributed by atoms with Crippen LogP contribution in [0.2, 0.25) is 5.02 Å². The number of amides is 2. The minimum atomic E-state index is -4.80. The fraction of sp³-hybridized carbons (Fsp3) is 0.391. The van der Waals surface area contributed by atoms with Crippen molar-refractivity contribution in [2.45, 2.75) is 45.8 Å². The lowest BCUT2D eigenvalue weighted by atomic mass is 9.96. The van der Waals surface area contributed by atoms with Crippen LogP contribution >= 0.6 is 11.6 Å². The molecule has 1 aliphatic heterocycles. The van der Waals surface area contributed by atoms with Gasteiger partial charge in [0.2, 0.25) is 11.8 Å². The van der Waals surface area contributed by atoms with Gasteiger partial charge in [0.05, 0.1) is 22.7 Å². The molecule has 0 radical (unpaired) electrons. The molecule has 0 unspecified atom stereocenters. The van der Waals surface area contributed by atoms with Crippen LogP contribution in [0.1, 0.15) is 42.5 Å². The fourth-order valence-electron chi connectivity index (χ4n) is 3.72. The summed E-state index contributed by atoms with van der Waals surface area (Å²) < 4.78 is 51.9. The normalized spacial score (nSPS) is 13.8. The molecule has 2 aromatic carbocycles. The average Bonchev–Trinajstić information content (AvgIpc) is 2.68. The van der Waals surface area contributed by atoms with E-state index >= 15 is 0 Å². The van der Waals surface area contributed by atoms with Crippen molar-refractivity contribution in [3.8, 4) is 0 Å². The van der Waals surface area contributed by atoms with E-state index in [4.69, 9.17) is 11.6 Å². The molecule has 3 rings (SSSR count). The molecule has 0 saturated heterocycles. The molecule has 0 saturated carbocycles. The zero-order valence-electron chi connectivity index (χ0n) is 17.7. The van der Waals surface area contributed by atoms with Gasteiger partial charge in [-0.25, -0.2) is 4.39 Å². The van der Waals surface area contributed by atoms with Crippen LogP contribution in [0.5, 0.6) is 0 Å². The topological polar surface area (TPSA) is 49.4 Å². The van der Waals surface area contributed by atoms with E-state index in [2.05, 4.69) is 5.32 Å². The summed E-state index contributed by atoms with van der Waals surface area (Å²) in [6.07, 6.45) is -4.15. The molecule has 9 heteroatoms. The predicted molar refractivity (Wildman–Crippen MR) is 114 cm³/mol. The number of carbonyl (C=O) groups excluding carboxylic acids is 2. The lowest BCUT2D eigenvalue weighted by Crippen LogP contribution is -2.37. The van der Waals surface area contributed by atoms with Crippen LogP contribution in [0.3, 0.4) is 0 Å². The molecule has 0 spiro atoms. The first-order valence-corrected chi connectivity index (χ1v) is 10.6. The standard InChI is InChI=1S/C23H23ClF4N2O2/c1-13(2)9-21(32)30-8-7-16-15(12-30)4-6-18(24)22(16)29-20(31)11-14-3-5-17(19(25)10-14)23(26,27)28/h3-6,10,13H,7-9,11-12H2,1-2H3,(H,29,31). The number of hydrogen-bond donors (Lipinski definition) is 1. The van der Waals surface area contributed by atoms with Crippen LogP contribution in [0, 0.1) is 11.7 Å².